The van der Waals surface area contributed by atoms with Gasteiger partial charge < -0.3 is 14.8 Å². The number of para-hydroxylation sites is 1. The summed E-state index contributed by atoms with van der Waals surface area (Å²) in [5, 5.41) is 0. The molecular weight excluding hydrogens is 356 g/mol. The molecule has 0 aliphatic carbocycles. The third-order valence-corrected chi connectivity index (χ3v) is 4.90. The second kappa shape index (κ2) is 7.73. The number of rotatable bonds is 3. The second-order valence-electron chi connectivity index (χ2n) is 7.42. The Bertz CT molecular complexity index is 1190. The molecule has 0 atom stereocenters. The maximum atomic E-state index is 4.83. The molecule has 1 N–H and O–H groups in total. The molecule has 0 aliphatic heterocycles. The van der Waals surface area contributed by atoms with Crippen LogP contribution >= 0.6 is 0 Å². The van der Waals surface area contributed by atoms with Crippen LogP contribution in [0.5, 0.6) is 0 Å². The van der Waals surface area contributed by atoms with Crippen LogP contribution < -0.4 is 9.80 Å². The monoisotopic (exact) mass is 380 g/mol. The zero-order chi connectivity index (χ0) is 20.4. The normalized spacial score (nSPS) is 10.5. The van der Waals surface area contributed by atoms with Crippen molar-refractivity contribution in [1.82, 2.24) is 9.97 Å². The number of benzene rings is 3. The summed E-state index contributed by atoms with van der Waals surface area (Å²) in [5.41, 5.74) is 7.19. The van der Waals surface area contributed by atoms with Gasteiger partial charge in [-0.2, -0.15) is 0 Å². The van der Waals surface area contributed by atoms with Crippen molar-refractivity contribution in [3.8, 4) is 23.2 Å². The van der Waals surface area contributed by atoms with Crippen LogP contribution in [0.25, 0.3) is 22.4 Å². The fourth-order valence-electron chi connectivity index (χ4n) is 3.17. The van der Waals surface area contributed by atoms with Crippen LogP contribution in [0.2, 0.25) is 0 Å². The van der Waals surface area contributed by atoms with Crippen molar-refractivity contribution >= 4 is 22.4 Å². The molecule has 4 rings (SSSR count). The summed E-state index contributed by atoms with van der Waals surface area (Å²) >= 11 is 0. The predicted octanol–water partition coefficient (Wildman–Crippen LogP) is 4.76. The molecular formula is C25H24N4. The first-order valence-corrected chi connectivity index (χ1v) is 9.57. The molecule has 4 heteroatoms. The molecule has 0 fully saturated rings. The molecule has 0 radical (unpaired) electrons. The van der Waals surface area contributed by atoms with Crippen molar-refractivity contribution in [2.24, 2.45) is 0 Å². The molecule has 29 heavy (non-hydrogen) atoms. The average molecular weight is 380 g/mol. The van der Waals surface area contributed by atoms with Gasteiger partial charge in [0.05, 0.1) is 11.1 Å². The summed E-state index contributed by atoms with van der Waals surface area (Å²) in [6, 6.07) is 22.7. The van der Waals surface area contributed by atoms with E-state index < -0.39 is 0 Å². The minimum atomic E-state index is 0.856. The third kappa shape index (κ3) is 3.95. The summed E-state index contributed by atoms with van der Waals surface area (Å²) in [4.78, 5) is 12.4. The lowest BCUT2D eigenvalue weighted by molar-refractivity contribution is 1.13. The van der Waals surface area contributed by atoms with E-state index in [4.69, 9.17) is 4.98 Å². The predicted molar refractivity (Wildman–Crippen MR) is 123 cm³/mol. The number of anilines is 2. The number of nitrogens with one attached hydrogen (secondary N) is 1. The van der Waals surface area contributed by atoms with Gasteiger partial charge in [-0.3, -0.25) is 0 Å². The van der Waals surface area contributed by atoms with Crippen LogP contribution in [0, 0.1) is 11.8 Å². The number of H-pyrrole nitrogens is 1. The maximum Gasteiger partial charge on any atom is 0.138 e. The molecule has 0 aliphatic rings. The van der Waals surface area contributed by atoms with Gasteiger partial charge in [-0.05, 0) is 60.7 Å². The lowest BCUT2D eigenvalue weighted by atomic mass is 10.1. The Hall–Kier alpha value is -3.71. The average Bonchev–Trinajstić information content (AvgIpc) is 3.17. The van der Waals surface area contributed by atoms with E-state index in [0.717, 1.165) is 44.9 Å². The fourth-order valence-corrected chi connectivity index (χ4v) is 3.17. The smallest absolute Gasteiger partial charge is 0.138 e. The molecule has 1 aromatic heterocycles. The summed E-state index contributed by atoms with van der Waals surface area (Å²) in [6.45, 7) is 0. The van der Waals surface area contributed by atoms with E-state index in [1.54, 1.807) is 0 Å². The number of aromatic amines is 1. The molecule has 4 nitrogen and oxygen atoms in total. The molecule has 144 valence electrons. The summed E-state index contributed by atoms with van der Waals surface area (Å²) in [7, 11) is 8.14. The molecule has 4 aromatic rings. The molecule has 0 saturated heterocycles. The number of fused-ring (bicyclic) bond motifs is 1. The van der Waals surface area contributed by atoms with Crippen molar-refractivity contribution in [3.05, 3.63) is 77.9 Å². The van der Waals surface area contributed by atoms with Crippen molar-refractivity contribution in [1.29, 1.82) is 0 Å². The van der Waals surface area contributed by atoms with Gasteiger partial charge in [0.25, 0.3) is 0 Å². The summed E-state index contributed by atoms with van der Waals surface area (Å²) in [6.07, 6.45) is 0. The van der Waals surface area contributed by atoms with E-state index in [1.807, 2.05) is 58.5 Å². The number of hydrogen-bond acceptors (Lipinski definition) is 3. The van der Waals surface area contributed by atoms with E-state index in [9.17, 15) is 0 Å². The Balaban J connectivity index is 1.66. The van der Waals surface area contributed by atoms with E-state index >= 15 is 0 Å². The quantitative estimate of drug-likeness (QED) is 0.521. The number of imidazole rings is 1. The van der Waals surface area contributed by atoms with Gasteiger partial charge in [0.15, 0.2) is 0 Å². The Kier molecular flexibility index (Phi) is 4.97. The van der Waals surface area contributed by atoms with Gasteiger partial charge >= 0.3 is 0 Å². The van der Waals surface area contributed by atoms with Crippen LogP contribution in [0.1, 0.15) is 11.1 Å². The van der Waals surface area contributed by atoms with Crippen molar-refractivity contribution < 1.29 is 0 Å². The van der Waals surface area contributed by atoms with Gasteiger partial charge in [0.2, 0.25) is 0 Å². The first-order valence-electron chi connectivity index (χ1n) is 9.57. The highest BCUT2D eigenvalue weighted by Gasteiger charge is 2.08. The highest BCUT2D eigenvalue weighted by atomic mass is 15.1. The molecule has 0 bridgehead atoms. The Labute approximate surface area is 171 Å². The van der Waals surface area contributed by atoms with E-state index in [2.05, 4.69) is 63.0 Å². The van der Waals surface area contributed by atoms with E-state index in [0.29, 0.717) is 0 Å². The van der Waals surface area contributed by atoms with Crippen molar-refractivity contribution in [2.75, 3.05) is 38.0 Å². The molecule has 0 spiro atoms. The Morgan fingerprint density at radius 1 is 0.724 bits per heavy atom. The first kappa shape index (κ1) is 18.6. The number of aromatic nitrogens is 2. The largest absolute Gasteiger partial charge is 0.378 e. The zero-order valence-corrected chi connectivity index (χ0v) is 17.2. The fraction of sp³-hybridized carbons (Fsp3) is 0.160. The molecule has 0 saturated carbocycles. The second-order valence-corrected chi connectivity index (χ2v) is 7.42. The van der Waals surface area contributed by atoms with Gasteiger partial charge in [-0.1, -0.05) is 17.9 Å². The van der Waals surface area contributed by atoms with Crippen LogP contribution in [0.15, 0.2) is 66.7 Å². The minimum Gasteiger partial charge on any atom is -0.378 e. The molecule has 0 amide bonds. The van der Waals surface area contributed by atoms with Crippen LogP contribution in [-0.4, -0.2) is 38.2 Å². The van der Waals surface area contributed by atoms with Gasteiger partial charge in [-0.15, -0.1) is 0 Å². The summed E-state index contributed by atoms with van der Waals surface area (Å²) < 4.78 is 0. The van der Waals surface area contributed by atoms with Crippen LogP contribution in [0.4, 0.5) is 11.4 Å². The maximum absolute atomic E-state index is 4.83. The summed E-state index contributed by atoms with van der Waals surface area (Å²) in [5.74, 6) is 7.41. The molecule has 0 unspecified atom stereocenters. The third-order valence-electron chi connectivity index (χ3n) is 4.90. The van der Waals surface area contributed by atoms with Gasteiger partial charge in [0.1, 0.15) is 11.3 Å². The Morgan fingerprint density at radius 2 is 1.34 bits per heavy atom. The van der Waals surface area contributed by atoms with Crippen molar-refractivity contribution in [2.45, 2.75) is 0 Å². The lowest BCUT2D eigenvalue weighted by Crippen LogP contribution is -2.07. The Morgan fingerprint density at radius 3 is 1.97 bits per heavy atom. The lowest BCUT2D eigenvalue weighted by Gasteiger charge is -2.11. The SMILES string of the molecule is CN(C)c1ccc(C#Cc2cccc3[nH]c(-c4ccc(N(C)C)cc4)nc23)cc1. The highest BCUT2D eigenvalue weighted by molar-refractivity contribution is 5.85. The highest BCUT2D eigenvalue weighted by Crippen LogP contribution is 2.24. The minimum absolute atomic E-state index is 0.856. The number of nitrogens with zero attached hydrogens (tertiary/aromatic N) is 3. The van der Waals surface area contributed by atoms with Crippen molar-refractivity contribution in [3.63, 3.8) is 0 Å². The van der Waals surface area contributed by atoms with Gasteiger partial charge in [-0.25, -0.2) is 4.98 Å². The van der Waals surface area contributed by atoms with Crippen LogP contribution in [0.3, 0.4) is 0 Å². The molecule has 1 heterocycles. The van der Waals surface area contributed by atoms with E-state index in [1.165, 1.54) is 0 Å². The van der Waals surface area contributed by atoms with Crippen LogP contribution in [-0.2, 0) is 0 Å². The molecule has 3 aromatic carbocycles. The first-order chi connectivity index (χ1) is 14.0. The van der Waals surface area contributed by atoms with Gasteiger partial charge in [0, 0.05) is 50.7 Å². The zero-order valence-electron chi connectivity index (χ0n) is 17.2. The van der Waals surface area contributed by atoms with E-state index in [-0.39, 0.29) is 0 Å². The standard InChI is InChI=1S/C25H24N4/c1-28(2)21-14-9-18(10-15-21)8-11-19-6-5-7-23-24(19)27-25(26-23)20-12-16-22(17-13-20)29(3)4/h5-7,9-10,12-17H,1-4H3,(H,26,27). The topological polar surface area (TPSA) is 35.2 Å². The number of hydrogen-bond donors (Lipinski definition) is 1.